The summed E-state index contributed by atoms with van der Waals surface area (Å²) in [4.78, 5) is 32.0. The van der Waals surface area contributed by atoms with Crippen molar-refractivity contribution in [2.45, 2.75) is 27.0 Å². The Labute approximate surface area is 274 Å². The maximum absolute atomic E-state index is 13.8. The van der Waals surface area contributed by atoms with Crippen molar-refractivity contribution in [3.8, 4) is 17.2 Å². The van der Waals surface area contributed by atoms with E-state index in [-0.39, 0.29) is 18.0 Å². The number of hydrogen-bond donors (Lipinski definition) is 1. The number of amides is 1. The molecule has 8 nitrogen and oxygen atoms in total. The van der Waals surface area contributed by atoms with Crippen LogP contribution in [0, 0.1) is 6.92 Å². The van der Waals surface area contributed by atoms with Crippen molar-refractivity contribution in [1.82, 2.24) is 4.90 Å². The zero-order valence-corrected chi connectivity index (χ0v) is 27.4. The minimum Gasteiger partial charge on any atom is -0.497 e. The number of carboxylic acid groups (broad SMARTS) is 1. The lowest BCUT2D eigenvalue weighted by molar-refractivity contribution is -0.122. The third-order valence-corrected chi connectivity index (χ3v) is 8.55. The number of methoxy groups -OCH3 is 1. The Balaban J connectivity index is 1.46. The van der Waals surface area contributed by atoms with Crippen molar-refractivity contribution < 1.29 is 28.9 Å². The Morgan fingerprint density at radius 2 is 1.71 bits per heavy atom. The molecule has 5 rings (SSSR count). The van der Waals surface area contributed by atoms with Crippen molar-refractivity contribution in [3.63, 3.8) is 0 Å². The maximum atomic E-state index is 13.8. The van der Waals surface area contributed by atoms with E-state index in [9.17, 15) is 14.7 Å². The van der Waals surface area contributed by atoms with Gasteiger partial charge in [-0.15, -0.1) is 0 Å². The fourth-order valence-electron chi connectivity index (χ4n) is 4.58. The van der Waals surface area contributed by atoms with Gasteiger partial charge in [-0.05, 0) is 96.9 Å². The van der Waals surface area contributed by atoms with E-state index in [4.69, 9.17) is 19.2 Å². The maximum Gasteiger partial charge on any atom is 0.335 e. The van der Waals surface area contributed by atoms with Crippen LogP contribution in [0.3, 0.4) is 0 Å². The van der Waals surface area contributed by atoms with Crippen molar-refractivity contribution in [1.29, 1.82) is 0 Å². The van der Waals surface area contributed by atoms with E-state index >= 15 is 0 Å². The van der Waals surface area contributed by atoms with Crippen LogP contribution in [0.15, 0.2) is 99.3 Å². The molecule has 1 saturated heterocycles. The first-order valence-electron chi connectivity index (χ1n) is 14.1. The van der Waals surface area contributed by atoms with Gasteiger partial charge in [0.05, 0.1) is 36.4 Å². The molecule has 0 aliphatic carbocycles. The number of aliphatic imine (C=N–C) groups is 1. The highest BCUT2D eigenvalue weighted by Crippen LogP contribution is 2.40. The zero-order valence-electron chi connectivity index (χ0n) is 25.0. The van der Waals surface area contributed by atoms with Crippen LogP contribution in [0.1, 0.15) is 39.5 Å². The summed E-state index contributed by atoms with van der Waals surface area (Å²) in [6.07, 6.45) is 1.81. The van der Waals surface area contributed by atoms with Crippen LogP contribution in [0.2, 0.25) is 0 Å². The second-order valence-corrected chi connectivity index (χ2v) is 12.0. The summed E-state index contributed by atoms with van der Waals surface area (Å²) in [5.41, 5.74) is 4.56. The van der Waals surface area contributed by atoms with E-state index in [1.165, 1.54) is 23.9 Å². The Hall–Kier alpha value is -4.54. The summed E-state index contributed by atoms with van der Waals surface area (Å²) in [6, 6.07) is 25.5. The number of thioether (sulfide) groups is 1. The molecule has 1 N–H and O–H groups in total. The SMILES string of the molecule is CCOc1cc(/C=C2\SC(=Nc3ccc(OC)cc3)N(Cc3ccc(C(=O)O)cc3)C2=O)c(Br)cc1OCc1cccc(C)c1. The number of benzene rings is 4. The minimum absolute atomic E-state index is 0.176. The van der Waals surface area contributed by atoms with Gasteiger partial charge in [0, 0.05) is 4.47 Å². The van der Waals surface area contributed by atoms with Gasteiger partial charge in [0.2, 0.25) is 0 Å². The fraction of sp³-hybridized carbons (Fsp3) is 0.171. The number of rotatable bonds is 11. The Bertz CT molecular complexity index is 1770. The van der Waals surface area contributed by atoms with Gasteiger partial charge in [0.25, 0.3) is 5.91 Å². The molecular weight excluding hydrogens is 656 g/mol. The van der Waals surface area contributed by atoms with Crippen molar-refractivity contribution in [2.24, 2.45) is 4.99 Å². The monoisotopic (exact) mass is 686 g/mol. The molecule has 0 atom stereocenters. The quantitative estimate of drug-likeness (QED) is 0.159. The molecule has 0 radical (unpaired) electrons. The van der Waals surface area contributed by atoms with Gasteiger partial charge in [-0.1, -0.05) is 57.9 Å². The second kappa shape index (κ2) is 14.5. The molecule has 0 aromatic heterocycles. The molecule has 0 saturated carbocycles. The van der Waals surface area contributed by atoms with Crippen LogP contribution in [0.4, 0.5) is 5.69 Å². The predicted molar refractivity (Wildman–Crippen MR) is 180 cm³/mol. The predicted octanol–water partition coefficient (Wildman–Crippen LogP) is 8.25. The molecule has 1 aliphatic heterocycles. The topological polar surface area (TPSA) is 97.7 Å². The van der Waals surface area contributed by atoms with Crippen LogP contribution < -0.4 is 14.2 Å². The van der Waals surface area contributed by atoms with Gasteiger partial charge in [-0.3, -0.25) is 9.69 Å². The number of aryl methyl sites for hydroxylation is 1. The lowest BCUT2D eigenvalue weighted by Gasteiger charge is -2.16. The third kappa shape index (κ3) is 7.95. The van der Waals surface area contributed by atoms with Gasteiger partial charge < -0.3 is 19.3 Å². The molecule has 4 aromatic rings. The molecule has 45 heavy (non-hydrogen) atoms. The lowest BCUT2D eigenvalue weighted by Crippen LogP contribution is -2.28. The first kappa shape index (κ1) is 31.9. The van der Waals surface area contributed by atoms with Gasteiger partial charge in [0.15, 0.2) is 16.7 Å². The molecule has 1 fully saturated rings. The number of amidine groups is 1. The molecule has 4 aromatic carbocycles. The van der Waals surface area contributed by atoms with E-state index < -0.39 is 5.97 Å². The van der Waals surface area contributed by atoms with Gasteiger partial charge in [-0.2, -0.15) is 0 Å². The summed E-state index contributed by atoms with van der Waals surface area (Å²) < 4.78 is 18.1. The summed E-state index contributed by atoms with van der Waals surface area (Å²) in [6.45, 7) is 4.99. The summed E-state index contributed by atoms with van der Waals surface area (Å²) in [7, 11) is 1.60. The number of carbonyl (C=O) groups excluding carboxylic acids is 1. The van der Waals surface area contributed by atoms with Crippen molar-refractivity contribution in [3.05, 3.63) is 122 Å². The number of aromatic carboxylic acids is 1. The first-order valence-corrected chi connectivity index (χ1v) is 15.8. The highest BCUT2D eigenvalue weighted by Gasteiger charge is 2.34. The minimum atomic E-state index is -1.01. The highest BCUT2D eigenvalue weighted by atomic mass is 79.9. The summed E-state index contributed by atoms with van der Waals surface area (Å²) in [5.74, 6) is 0.625. The average molecular weight is 688 g/mol. The summed E-state index contributed by atoms with van der Waals surface area (Å²) >= 11 is 4.93. The highest BCUT2D eigenvalue weighted by molar-refractivity contribution is 9.10. The van der Waals surface area contributed by atoms with Crippen LogP contribution in [0.25, 0.3) is 6.08 Å². The van der Waals surface area contributed by atoms with E-state index in [1.54, 1.807) is 30.2 Å². The zero-order chi connectivity index (χ0) is 31.9. The number of hydrogen-bond acceptors (Lipinski definition) is 7. The molecular formula is C35H31BrN2O6S. The first-order chi connectivity index (χ1) is 21.7. The standard InChI is InChI=1S/C35H31BrN2O6S/c1-4-43-30-17-26(29(36)19-31(30)44-21-24-7-5-6-22(2)16-24)18-32-33(39)38(20-23-8-10-25(11-9-23)34(40)41)35(45-32)37-27-12-14-28(42-3)15-13-27/h5-19H,4,20-21H2,1-3H3,(H,40,41)/b32-18-,37-35?. The van der Waals surface area contributed by atoms with Crippen LogP contribution in [0.5, 0.6) is 17.2 Å². The number of carbonyl (C=O) groups is 2. The molecule has 230 valence electrons. The van der Waals surface area contributed by atoms with Crippen LogP contribution in [-0.4, -0.2) is 40.8 Å². The molecule has 1 heterocycles. The van der Waals surface area contributed by atoms with E-state index in [2.05, 4.69) is 22.0 Å². The van der Waals surface area contributed by atoms with Crippen molar-refractivity contribution in [2.75, 3.05) is 13.7 Å². The third-order valence-electron chi connectivity index (χ3n) is 6.85. The van der Waals surface area contributed by atoms with E-state index in [0.717, 1.165) is 26.7 Å². The smallest absolute Gasteiger partial charge is 0.335 e. The van der Waals surface area contributed by atoms with Gasteiger partial charge in [0.1, 0.15) is 12.4 Å². The number of ether oxygens (including phenoxy) is 3. The average Bonchev–Trinajstić information content (AvgIpc) is 3.31. The van der Waals surface area contributed by atoms with Crippen molar-refractivity contribution >= 4 is 56.5 Å². The molecule has 0 spiro atoms. The second-order valence-electron chi connectivity index (χ2n) is 10.1. The van der Waals surface area contributed by atoms with Crippen LogP contribution >= 0.6 is 27.7 Å². The fourth-order valence-corrected chi connectivity index (χ4v) is 6.01. The normalized spacial score (nSPS) is 14.7. The number of halogens is 1. The molecule has 0 bridgehead atoms. The molecule has 10 heteroatoms. The van der Waals surface area contributed by atoms with E-state index in [0.29, 0.717) is 46.2 Å². The summed E-state index contributed by atoms with van der Waals surface area (Å²) in [5, 5.41) is 9.78. The van der Waals surface area contributed by atoms with Crippen LogP contribution in [-0.2, 0) is 17.9 Å². The Morgan fingerprint density at radius 1 is 0.978 bits per heavy atom. The molecule has 1 aliphatic rings. The van der Waals surface area contributed by atoms with Gasteiger partial charge >= 0.3 is 5.97 Å². The lowest BCUT2D eigenvalue weighted by atomic mass is 10.1. The Morgan fingerprint density at radius 3 is 2.38 bits per heavy atom. The molecule has 0 unspecified atom stereocenters. The van der Waals surface area contributed by atoms with Gasteiger partial charge in [-0.25, -0.2) is 9.79 Å². The Kier molecular flexibility index (Phi) is 10.3. The number of nitrogens with zero attached hydrogens (tertiary/aromatic N) is 2. The largest absolute Gasteiger partial charge is 0.497 e. The number of carboxylic acids is 1. The van der Waals surface area contributed by atoms with E-state index in [1.807, 2.05) is 68.4 Å². The molecule has 1 amide bonds.